The maximum absolute atomic E-state index is 13.3. The van der Waals surface area contributed by atoms with Crippen molar-refractivity contribution in [2.24, 2.45) is 0 Å². The summed E-state index contributed by atoms with van der Waals surface area (Å²) in [7, 11) is 0.812. The van der Waals surface area contributed by atoms with E-state index >= 15 is 0 Å². The molecule has 1 atom stereocenters. The van der Waals surface area contributed by atoms with Crippen molar-refractivity contribution in [1.82, 2.24) is 9.21 Å². The molecule has 1 aliphatic heterocycles. The number of piperazine rings is 1. The molecule has 0 saturated carbocycles. The van der Waals surface area contributed by atoms with E-state index in [0.29, 0.717) is 25.3 Å². The molecule has 0 bridgehead atoms. The van der Waals surface area contributed by atoms with Crippen molar-refractivity contribution < 1.29 is 27.4 Å². The van der Waals surface area contributed by atoms with Gasteiger partial charge in [0.05, 0.1) is 21.3 Å². The number of aryl methyl sites for hydroxylation is 1. The summed E-state index contributed by atoms with van der Waals surface area (Å²) in [6.45, 7) is 1.22. The van der Waals surface area contributed by atoms with Gasteiger partial charge < -0.3 is 19.1 Å². The number of benzene rings is 2. The molecule has 4 rings (SSSR count). The van der Waals surface area contributed by atoms with Gasteiger partial charge >= 0.3 is 0 Å². The number of sulfonamides is 1. The van der Waals surface area contributed by atoms with Gasteiger partial charge in [-0.3, -0.25) is 4.79 Å². The van der Waals surface area contributed by atoms with Crippen molar-refractivity contribution >= 4 is 15.9 Å². The lowest BCUT2D eigenvalue weighted by molar-refractivity contribution is -0.132. The number of carbonyl (C=O) groups is 1. The fourth-order valence-corrected chi connectivity index (χ4v) is 6.47. The smallest absolute Gasteiger partial charge is 0.247 e. The maximum Gasteiger partial charge on any atom is 0.247 e. The summed E-state index contributed by atoms with van der Waals surface area (Å²) in [6.07, 6.45) is 3.47. The SMILES string of the molecule is COc1ccc2c(c1)CCCC2CC(=O)N1CCN(S(=O)(=O)c2cc(OC)ccc2OC)CC1. The minimum atomic E-state index is -3.78. The average molecular weight is 489 g/mol. The Morgan fingerprint density at radius 2 is 1.62 bits per heavy atom. The van der Waals surface area contributed by atoms with E-state index in [1.807, 2.05) is 6.07 Å². The zero-order valence-corrected chi connectivity index (χ0v) is 20.8. The first kappa shape index (κ1) is 24.3. The highest BCUT2D eigenvalue weighted by atomic mass is 32.2. The number of fused-ring (bicyclic) bond motifs is 1. The predicted molar refractivity (Wildman–Crippen MR) is 128 cm³/mol. The van der Waals surface area contributed by atoms with Gasteiger partial charge in [-0.05, 0) is 60.6 Å². The molecule has 1 saturated heterocycles. The van der Waals surface area contributed by atoms with Crippen LogP contribution in [0.5, 0.6) is 17.2 Å². The Morgan fingerprint density at radius 3 is 2.29 bits per heavy atom. The van der Waals surface area contributed by atoms with E-state index in [-0.39, 0.29) is 35.6 Å². The van der Waals surface area contributed by atoms with Crippen LogP contribution in [0.2, 0.25) is 0 Å². The van der Waals surface area contributed by atoms with Crippen LogP contribution in [0.25, 0.3) is 0 Å². The number of amides is 1. The molecule has 34 heavy (non-hydrogen) atoms. The minimum Gasteiger partial charge on any atom is -0.497 e. The van der Waals surface area contributed by atoms with Gasteiger partial charge in [0, 0.05) is 38.7 Å². The molecule has 0 spiro atoms. The van der Waals surface area contributed by atoms with Gasteiger partial charge in [0.25, 0.3) is 0 Å². The summed E-state index contributed by atoms with van der Waals surface area (Å²) in [4.78, 5) is 15.0. The molecule has 2 aliphatic rings. The van der Waals surface area contributed by atoms with Crippen LogP contribution in [0.1, 0.15) is 36.3 Å². The van der Waals surface area contributed by atoms with E-state index in [1.165, 1.54) is 35.7 Å². The van der Waals surface area contributed by atoms with Crippen LogP contribution in [-0.4, -0.2) is 71.0 Å². The van der Waals surface area contributed by atoms with E-state index < -0.39 is 10.0 Å². The van der Waals surface area contributed by atoms with Gasteiger partial charge in [-0.2, -0.15) is 4.31 Å². The normalized spacial score (nSPS) is 18.8. The third-order valence-corrected chi connectivity index (χ3v) is 8.71. The highest BCUT2D eigenvalue weighted by Gasteiger charge is 2.33. The van der Waals surface area contributed by atoms with Crippen LogP contribution in [0.4, 0.5) is 0 Å². The molecular formula is C25H32N2O6S. The number of ether oxygens (including phenoxy) is 3. The van der Waals surface area contributed by atoms with Crippen LogP contribution in [0.3, 0.4) is 0 Å². The molecule has 0 N–H and O–H groups in total. The number of hydrogen-bond acceptors (Lipinski definition) is 6. The zero-order chi connectivity index (χ0) is 24.3. The fourth-order valence-electron chi connectivity index (χ4n) is 4.87. The molecule has 9 heteroatoms. The van der Waals surface area contributed by atoms with Crippen molar-refractivity contribution in [3.63, 3.8) is 0 Å². The van der Waals surface area contributed by atoms with Gasteiger partial charge in [-0.25, -0.2) is 8.42 Å². The Kier molecular flexibility index (Phi) is 7.33. The van der Waals surface area contributed by atoms with Crippen LogP contribution in [0, 0.1) is 0 Å². The molecule has 1 amide bonds. The molecule has 2 aromatic rings. The highest BCUT2D eigenvalue weighted by molar-refractivity contribution is 7.89. The van der Waals surface area contributed by atoms with E-state index in [4.69, 9.17) is 14.2 Å². The van der Waals surface area contributed by atoms with Crippen molar-refractivity contribution in [1.29, 1.82) is 0 Å². The van der Waals surface area contributed by atoms with E-state index in [9.17, 15) is 13.2 Å². The monoisotopic (exact) mass is 488 g/mol. The average Bonchev–Trinajstić information content (AvgIpc) is 2.88. The van der Waals surface area contributed by atoms with Crippen molar-refractivity contribution in [3.05, 3.63) is 47.5 Å². The predicted octanol–water partition coefficient (Wildman–Crippen LogP) is 3.06. The van der Waals surface area contributed by atoms with Gasteiger partial charge in [-0.15, -0.1) is 0 Å². The number of nitrogens with zero attached hydrogens (tertiary/aromatic N) is 2. The van der Waals surface area contributed by atoms with Crippen molar-refractivity contribution in [2.75, 3.05) is 47.5 Å². The fraction of sp³-hybridized carbons (Fsp3) is 0.480. The van der Waals surface area contributed by atoms with E-state index in [1.54, 1.807) is 24.1 Å². The summed E-state index contributed by atoms with van der Waals surface area (Å²) in [6, 6.07) is 10.8. The number of methoxy groups -OCH3 is 3. The standard InChI is InChI=1S/C25H32N2O6S/c1-31-20-7-9-22-18(15-20)5-4-6-19(22)16-25(28)26-11-13-27(14-12-26)34(29,30)24-17-21(32-2)8-10-23(24)33-3/h7-10,15,17,19H,4-6,11-14,16H2,1-3H3. The second-order valence-electron chi connectivity index (χ2n) is 8.66. The summed E-state index contributed by atoms with van der Waals surface area (Å²) < 4.78 is 43.8. The second kappa shape index (κ2) is 10.2. The lowest BCUT2D eigenvalue weighted by atomic mass is 9.80. The van der Waals surface area contributed by atoms with Crippen LogP contribution >= 0.6 is 0 Å². The second-order valence-corrected chi connectivity index (χ2v) is 10.6. The molecule has 1 aliphatic carbocycles. The summed E-state index contributed by atoms with van der Waals surface area (Å²) in [5, 5.41) is 0. The van der Waals surface area contributed by atoms with Crippen LogP contribution in [-0.2, 0) is 21.2 Å². The molecule has 1 fully saturated rings. The van der Waals surface area contributed by atoms with Crippen LogP contribution in [0.15, 0.2) is 41.3 Å². The molecule has 184 valence electrons. The van der Waals surface area contributed by atoms with Gasteiger partial charge in [0.15, 0.2) is 0 Å². The Labute approximate surface area is 201 Å². The largest absolute Gasteiger partial charge is 0.497 e. The van der Waals surface area contributed by atoms with Gasteiger partial charge in [-0.1, -0.05) is 6.07 Å². The molecule has 8 nitrogen and oxygen atoms in total. The number of carbonyl (C=O) groups excluding carboxylic acids is 1. The number of rotatable bonds is 7. The van der Waals surface area contributed by atoms with E-state index in [0.717, 1.165) is 25.0 Å². The quantitative estimate of drug-likeness (QED) is 0.596. The van der Waals surface area contributed by atoms with Gasteiger partial charge in [0.2, 0.25) is 15.9 Å². The van der Waals surface area contributed by atoms with E-state index in [2.05, 4.69) is 12.1 Å². The van der Waals surface area contributed by atoms with Crippen molar-refractivity contribution in [3.8, 4) is 17.2 Å². The molecule has 0 aromatic heterocycles. The molecule has 0 radical (unpaired) electrons. The van der Waals surface area contributed by atoms with Crippen molar-refractivity contribution in [2.45, 2.75) is 36.5 Å². The Balaban J connectivity index is 1.41. The topological polar surface area (TPSA) is 85.4 Å². The summed E-state index contributed by atoms with van der Waals surface area (Å²) >= 11 is 0. The number of hydrogen-bond donors (Lipinski definition) is 0. The molecular weight excluding hydrogens is 456 g/mol. The molecule has 1 heterocycles. The molecule has 2 aromatic carbocycles. The highest BCUT2D eigenvalue weighted by Crippen LogP contribution is 2.36. The zero-order valence-electron chi connectivity index (χ0n) is 20.0. The first-order valence-corrected chi connectivity index (χ1v) is 13.0. The lowest BCUT2D eigenvalue weighted by Crippen LogP contribution is -2.50. The van der Waals surface area contributed by atoms with Crippen LogP contribution < -0.4 is 14.2 Å². The lowest BCUT2D eigenvalue weighted by Gasteiger charge is -2.35. The summed E-state index contributed by atoms with van der Waals surface area (Å²) in [5.74, 6) is 1.82. The first-order chi connectivity index (χ1) is 16.4. The minimum absolute atomic E-state index is 0.0726. The third-order valence-electron chi connectivity index (χ3n) is 6.79. The Morgan fingerprint density at radius 1 is 0.941 bits per heavy atom. The van der Waals surface area contributed by atoms with Gasteiger partial charge in [0.1, 0.15) is 22.1 Å². The third kappa shape index (κ3) is 4.86. The summed E-state index contributed by atoms with van der Waals surface area (Å²) in [5.41, 5.74) is 2.48. The Hall–Kier alpha value is -2.78. The molecule has 1 unspecified atom stereocenters. The maximum atomic E-state index is 13.3. The first-order valence-electron chi connectivity index (χ1n) is 11.5. The Bertz CT molecular complexity index is 1140.